The Balaban J connectivity index is 4.69. The van der Waals surface area contributed by atoms with Gasteiger partial charge in [-0.1, -0.05) is 6.08 Å². The fourth-order valence-electron chi connectivity index (χ4n) is 1.51. The van der Waals surface area contributed by atoms with Gasteiger partial charge in [0.1, 0.15) is 0 Å². The highest BCUT2D eigenvalue weighted by atomic mass is 16.4. The molecular formula is C12H22N2O4. The topological polar surface area (TPSA) is 81.1 Å². The number of nitrogens with zero attached hydrogens (tertiary/aromatic N) is 2. The molecule has 0 heterocycles. The molecule has 0 aliphatic heterocycles. The van der Waals surface area contributed by atoms with E-state index in [-0.39, 0.29) is 38.2 Å². The second-order valence-electron chi connectivity index (χ2n) is 4.17. The van der Waals surface area contributed by atoms with Crippen LogP contribution in [0.3, 0.4) is 0 Å². The number of urea groups is 1. The highest BCUT2D eigenvalue weighted by Crippen LogP contribution is 2.06. The summed E-state index contributed by atoms with van der Waals surface area (Å²) in [5.74, 6) is -0.939. The first-order chi connectivity index (χ1) is 8.43. The lowest BCUT2D eigenvalue weighted by Crippen LogP contribution is -2.48. The van der Waals surface area contributed by atoms with Crippen LogP contribution in [-0.4, -0.2) is 64.3 Å². The molecule has 6 heteroatoms. The molecule has 0 saturated heterocycles. The second kappa shape index (κ2) is 8.52. The van der Waals surface area contributed by atoms with Crippen LogP contribution in [0.2, 0.25) is 0 Å². The molecule has 0 rings (SSSR count). The standard InChI is InChI=1S/C12H22N2O4/c1-4-6-13(8-9-15)12(18)14(10(2)3)7-5-11(16)17/h4,10,15H,1,5-9H2,2-3H3,(H,16,17). The highest BCUT2D eigenvalue weighted by molar-refractivity contribution is 5.76. The second-order valence-corrected chi connectivity index (χ2v) is 4.17. The van der Waals surface area contributed by atoms with Crippen molar-refractivity contribution in [3.8, 4) is 0 Å². The predicted molar refractivity (Wildman–Crippen MR) is 68.3 cm³/mol. The van der Waals surface area contributed by atoms with Crippen molar-refractivity contribution in [3.05, 3.63) is 12.7 Å². The van der Waals surface area contributed by atoms with Crippen LogP contribution in [0, 0.1) is 0 Å². The third kappa shape index (κ3) is 5.67. The van der Waals surface area contributed by atoms with Crippen molar-refractivity contribution in [1.82, 2.24) is 9.80 Å². The van der Waals surface area contributed by atoms with E-state index >= 15 is 0 Å². The molecule has 0 radical (unpaired) electrons. The number of carboxylic acid groups (broad SMARTS) is 1. The van der Waals surface area contributed by atoms with Gasteiger partial charge in [-0.15, -0.1) is 6.58 Å². The van der Waals surface area contributed by atoms with Gasteiger partial charge >= 0.3 is 12.0 Å². The molecule has 0 fully saturated rings. The molecule has 0 saturated carbocycles. The summed E-state index contributed by atoms with van der Waals surface area (Å²) in [6.07, 6.45) is 1.48. The zero-order valence-electron chi connectivity index (χ0n) is 11.0. The molecule has 0 atom stereocenters. The Morgan fingerprint density at radius 3 is 2.33 bits per heavy atom. The molecule has 0 aliphatic rings. The fourth-order valence-corrected chi connectivity index (χ4v) is 1.51. The molecule has 6 nitrogen and oxygen atoms in total. The highest BCUT2D eigenvalue weighted by Gasteiger charge is 2.22. The van der Waals surface area contributed by atoms with Crippen LogP contribution in [0.15, 0.2) is 12.7 Å². The number of hydrogen-bond donors (Lipinski definition) is 2. The molecule has 104 valence electrons. The van der Waals surface area contributed by atoms with E-state index in [1.54, 1.807) is 6.08 Å². The van der Waals surface area contributed by atoms with Crippen molar-refractivity contribution in [2.45, 2.75) is 26.3 Å². The quantitative estimate of drug-likeness (QED) is 0.630. The summed E-state index contributed by atoms with van der Waals surface area (Å²) in [5.41, 5.74) is 0. The van der Waals surface area contributed by atoms with Crippen molar-refractivity contribution in [2.24, 2.45) is 0 Å². The molecule has 0 aliphatic carbocycles. The number of carboxylic acids is 1. The lowest BCUT2D eigenvalue weighted by atomic mass is 10.3. The van der Waals surface area contributed by atoms with Gasteiger partial charge in [0.05, 0.1) is 13.0 Å². The first-order valence-electron chi connectivity index (χ1n) is 5.93. The van der Waals surface area contributed by atoms with Crippen molar-refractivity contribution in [3.63, 3.8) is 0 Å². The minimum Gasteiger partial charge on any atom is -0.481 e. The van der Waals surface area contributed by atoms with Crippen LogP contribution in [0.1, 0.15) is 20.3 Å². The third-order valence-corrected chi connectivity index (χ3v) is 2.43. The smallest absolute Gasteiger partial charge is 0.320 e. The van der Waals surface area contributed by atoms with E-state index in [0.717, 1.165) is 0 Å². The maximum Gasteiger partial charge on any atom is 0.320 e. The maximum absolute atomic E-state index is 12.2. The first kappa shape index (κ1) is 16.4. The largest absolute Gasteiger partial charge is 0.481 e. The van der Waals surface area contributed by atoms with Crippen LogP contribution in [0.5, 0.6) is 0 Å². The molecule has 0 aromatic rings. The number of carbonyl (C=O) groups excluding carboxylic acids is 1. The van der Waals surface area contributed by atoms with Gasteiger partial charge in [-0.2, -0.15) is 0 Å². The van der Waals surface area contributed by atoms with E-state index in [2.05, 4.69) is 6.58 Å². The number of carbonyl (C=O) groups is 2. The van der Waals surface area contributed by atoms with Crippen LogP contribution in [0.4, 0.5) is 4.79 Å². The van der Waals surface area contributed by atoms with E-state index in [0.29, 0.717) is 6.54 Å². The Kier molecular flexibility index (Phi) is 7.78. The summed E-state index contributed by atoms with van der Waals surface area (Å²) in [5, 5.41) is 17.6. The number of amides is 2. The van der Waals surface area contributed by atoms with E-state index in [1.807, 2.05) is 13.8 Å². The summed E-state index contributed by atoms with van der Waals surface area (Å²) < 4.78 is 0. The number of aliphatic hydroxyl groups excluding tert-OH is 1. The lowest BCUT2D eigenvalue weighted by Gasteiger charge is -2.32. The summed E-state index contributed by atoms with van der Waals surface area (Å²) in [4.78, 5) is 25.7. The molecule has 18 heavy (non-hydrogen) atoms. The SMILES string of the molecule is C=CCN(CCO)C(=O)N(CCC(=O)O)C(C)C. The molecule has 0 aromatic carbocycles. The number of rotatable bonds is 8. The normalized spacial score (nSPS) is 10.2. The van der Waals surface area contributed by atoms with Gasteiger partial charge in [-0.25, -0.2) is 4.79 Å². The molecule has 0 spiro atoms. The third-order valence-electron chi connectivity index (χ3n) is 2.43. The number of hydrogen-bond acceptors (Lipinski definition) is 3. The monoisotopic (exact) mass is 258 g/mol. The Morgan fingerprint density at radius 1 is 1.33 bits per heavy atom. The minimum atomic E-state index is -0.939. The molecular weight excluding hydrogens is 236 g/mol. The van der Waals surface area contributed by atoms with E-state index in [4.69, 9.17) is 10.2 Å². The molecule has 2 amide bonds. The summed E-state index contributed by atoms with van der Waals surface area (Å²) >= 11 is 0. The Bertz CT molecular complexity index is 292. The minimum absolute atomic E-state index is 0.0923. The predicted octanol–water partition coefficient (Wildman–Crippen LogP) is 0.772. The Morgan fingerprint density at radius 2 is 1.94 bits per heavy atom. The van der Waals surface area contributed by atoms with Crippen LogP contribution in [-0.2, 0) is 4.79 Å². The molecule has 2 N–H and O–H groups in total. The fraction of sp³-hybridized carbons (Fsp3) is 0.667. The zero-order chi connectivity index (χ0) is 14.1. The number of aliphatic hydroxyl groups is 1. The van der Waals surface area contributed by atoms with Gasteiger partial charge < -0.3 is 20.0 Å². The Labute approximate surface area is 107 Å². The summed E-state index contributed by atoms with van der Waals surface area (Å²) in [6.45, 7) is 7.77. The average Bonchev–Trinajstić information content (AvgIpc) is 2.27. The first-order valence-corrected chi connectivity index (χ1v) is 5.93. The van der Waals surface area contributed by atoms with Crippen molar-refractivity contribution >= 4 is 12.0 Å². The Hall–Kier alpha value is -1.56. The van der Waals surface area contributed by atoms with Crippen molar-refractivity contribution in [1.29, 1.82) is 0 Å². The molecule has 0 bridgehead atoms. The van der Waals surface area contributed by atoms with Crippen LogP contribution in [0.25, 0.3) is 0 Å². The van der Waals surface area contributed by atoms with Gasteiger partial charge in [0, 0.05) is 25.7 Å². The van der Waals surface area contributed by atoms with Gasteiger partial charge in [0.25, 0.3) is 0 Å². The average molecular weight is 258 g/mol. The van der Waals surface area contributed by atoms with Gasteiger partial charge in [0.15, 0.2) is 0 Å². The van der Waals surface area contributed by atoms with Gasteiger partial charge in [0.2, 0.25) is 0 Å². The van der Waals surface area contributed by atoms with Crippen molar-refractivity contribution in [2.75, 3.05) is 26.2 Å². The van der Waals surface area contributed by atoms with E-state index in [1.165, 1.54) is 9.80 Å². The molecule has 0 aromatic heterocycles. The maximum atomic E-state index is 12.2. The summed E-state index contributed by atoms with van der Waals surface area (Å²) in [7, 11) is 0. The van der Waals surface area contributed by atoms with Gasteiger partial charge in [-0.05, 0) is 13.8 Å². The van der Waals surface area contributed by atoms with Crippen molar-refractivity contribution < 1.29 is 19.8 Å². The van der Waals surface area contributed by atoms with Crippen LogP contribution >= 0.6 is 0 Å². The van der Waals surface area contributed by atoms with Crippen LogP contribution < -0.4 is 0 Å². The lowest BCUT2D eigenvalue weighted by molar-refractivity contribution is -0.137. The molecule has 0 unspecified atom stereocenters. The summed E-state index contributed by atoms with van der Waals surface area (Å²) in [6, 6.07) is -0.372. The number of aliphatic carboxylic acids is 1. The van der Waals surface area contributed by atoms with E-state index in [9.17, 15) is 9.59 Å². The zero-order valence-corrected chi connectivity index (χ0v) is 11.0. The van der Waals surface area contributed by atoms with E-state index < -0.39 is 5.97 Å². The van der Waals surface area contributed by atoms with Gasteiger partial charge in [-0.3, -0.25) is 4.79 Å².